The van der Waals surface area contributed by atoms with Crippen LogP contribution in [0.3, 0.4) is 0 Å². The lowest BCUT2D eigenvalue weighted by Gasteiger charge is -2.37. The fraction of sp³-hybridized carbons (Fsp3) is 0.311. The molecule has 87 heavy (non-hydrogen) atoms. The molecule has 0 fully saturated rings. The van der Waals surface area contributed by atoms with Crippen LogP contribution in [-0.2, 0) is 62.2 Å². The highest BCUT2D eigenvalue weighted by Gasteiger charge is 2.51. The number of anilines is 4. The van der Waals surface area contributed by atoms with Gasteiger partial charge in [0.1, 0.15) is 12.6 Å². The van der Waals surface area contributed by atoms with Crippen LogP contribution in [0.15, 0.2) is 119 Å². The number of esters is 2. The minimum absolute atomic E-state index is 0.0262. The van der Waals surface area contributed by atoms with Gasteiger partial charge in [0.2, 0.25) is 11.5 Å². The summed E-state index contributed by atoms with van der Waals surface area (Å²) in [5.74, 6) is 1.14. The summed E-state index contributed by atoms with van der Waals surface area (Å²) in [7, 11) is -4.19. The molecule has 0 aliphatic carbocycles. The van der Waals surface area contributed by atoms with Crippen molar-refractivity contribution in [1.82, 2.24) is 35.7 Å². The number of ether oxygens (including phenoxy) is 2. The third-order valence-electron chi connectivity index (χ3n) is 14.5. The molecule has 26 heteroatoms. The number of carbonyl (C=O) groups is 7. The van der Waals surface area contributed by atoms with Gasteiger partial charge in [0.05, 0.1) is 52.9 Å². The van der Waals surface area contributed by atoms with Gasteiger partial charge in [-0.1, -0.05) is 75.9 Å². The maximum Gasteiger partial charge on any atom is 0.355 e. The number of aromatic nitrogens is 2. The number of cyclic esters (lactones) is 1. The number of para-hydroxylation sites is 1. The van der Waals surface area contributed by atoms with Crippen LogP contribution in [-0.4, -0.2) is 107 Å². The lowest BCUT2D eigenvalue weighted by Crippen LogP contribution is -2.57. The highest BCUT2D eigenvalue weighted by molar-refractivity contribution is 7.92. The van der Waals surface area contributed by atoms with E-state index in [1.54, 1.807) is 29.7 Å². The zero-order valence-corrected chi connectivity index (χ0v) is 49.4. The molecule has 0 radical (unpaired) electrons. The number of pyridine rings is 2. The van der Waals surface area contributed by atoms with Crippen LogP contribution in [0.5, 0.6) is 0 Å². The van der Waals surface area contributed by atoms with Gasteiger partial charge in [-0.2, -0.15) is 0 Å². The summed E-state index contributed by atoms with van der Waals surface area (Å²) in [5, 5.41) is 29.7. The highest BCUT2D eigenvalue weighted by atomic mass is 32.2. The molecule has 3 aliphatic heterocycles. The van der Waals surface area contributed by atoms with E-state index >= 15 is 0 Å². The average Bonchev–Trinajstić information content (AvgIpc) is 1.72. The predicted molar refractivity (Wildman–Crippen MR) is 326 cm³/mol. The summed E-state index contributed by atoms with van der Waals surface area (Å²) in [5.41, 5.74) is 1.77. The van der Waals surface area contributed by atoms with Crippen molar-refractivity contribution in [1.29, 1.82) is 0 Å². The summed E-state index contributed by atoms with van der Waals surface area (Å²) in [6.45, 7) is 7.23. The first-order valence-electron chi connectivity index (χ1n) is 28.0. The molecular formula is C61H63N11O13S2. The Balaban J connectivity index is 0.790. The van der Waals surface area contributed by atoms with Crippen LogP contribution in [0.4, 0.5) is 32.3 Å². The molecule has 6 amide bonds. The van der Waals surface area contributed by atoms with Crippen molar-refractivity contribution in [3.63, 3.8) is 0 Å². The second-order valence-electron chi connectivity index (χ2n) is 21.2. The van der Waals surface area contributed by atoms with Crippen molar-refractivity contribution in [2.75, 3.05) is 40.3 Å². The van der Waals surface area contributed by atoms with Gasteiger partial charge >= 0.3 is 30.0 Å². The smallest absolute Gasteiger partial charge is 0.355 e. The number of nitrogens with zero attached hydrogens (tertiary/aromatic N) is 3. The van der Waals surface area contributed by atoms with Crippen molar-refractivity contribution in [2.45, 2.75) is 102 Å². The molecule has 1 unspecified atom stereocenters. The standard InChI is InChI=1S/C61H63N11O13S2/c1-5-24-62-58(80)65-41-15-12-17-43(29-41)87(82,83)70-42-16-11-14-37(28-42)47(31-52(74)75)69-59(81)64-39-20-22-40(23-21-39)66-60(86)63-32-51(73)71-25-10-9-19-49(71)54(76)68-48(26-35(3)4)56(78)85-61(6-2)45-30-50-53-38(27-36-13-7-8-18-46(36)67-53)33-72(50)55(77)44(45)34-84-57(61)79/h7-8,11-18,20-23,27-30,35,47-49,70H,5-6,10,24-26,31-34H2,1-4H3,(H,68,76)(H,74,75)(H2,62,65,80)(H2,63,66,86)(H2,64,69,81)/t47?,48-,49-,61-/m0/s1. The van der Waals surface area contributed by atoms with Gasteiger partial charge in [-0.05, 0) is 116 Å². The van der Waals surface area contributed by atoms with Crippen molar-refractivity contribution in [3.05, 3.63) is 142 Å². The second-order valence-corrected chi connectivity index (χ2v) is 23.3. The Hall–Kier alpha value is -9.87. The first kappa shape index (κ1) is 61.7. The molecule has 6 aromatic rings. The van der Waals surface area contributed by atoms with Gasteiger partial charge in [-0.3, -0.25) is 23.9 Å². The summed E-state index contributed by atoms with van der Waals surface area (Å²) in [4.78, 5) is 114. The molecular weight excluding hydrogens is 1160 g/mol. The molecule has 3 aliphatic rings. The number of carboxylic acids is 1. The number of nitrogens with one attached hydrogen (secondary N) is 8. The van der Waals surface area contributed by atoms with Gasteiger partial charge in [0.15, 0.2) is 11.2 Å². The van der Waals surface area contributed by atoms with Gasteiger partial charge in [-0.15, -0.1) is 0 Å². The summed E-state index contributed by atoms with van der Waals surface area (Å²) in [6.07, 6.45) is 0.373. The fourth-order valence-corrected chi connectivity index (χ4v) is 11.6. The predicted octanol–water partition coefficient (Wildman–Crippen LogP) is 6.42. The van der Waals surface area contributed by atoms with E-state index in [0.29, 0.717) is 41.2 Å². The van der Waals surface area contributed by atoms with Crippen LogP contribution in [0, 0.1) is 17.8 Å². The largest absolute Gasteiger partial charge is 0.481 e. The fourth-order valence-electron chi connectivity index (χ4n) is 10.3. The van der Waals surface area contributed by atoms with Gasteiger partial charge < -0.3 is 61.3 Å². The van der Waals surface area contributed by atoms with E-state index < -0.39 is 87.5 Å². The summed E-state index contributed by atoms with van der Waals surface area (Å²) in [6, 6.07) is 23.9. The number of rotatable bonds is 21. The van der Waals surface area contributed by atoms with E-state index in [4.69, 9.17) is 26.7 Å². The van der Waals surface area contributed by atoms with Crippen LogP contribution in [0.25, 0.3) is 22.3 Å². The Morgan fingerprint density at radius 3 is 2.31 bits per heavy atom. The third-order valence-corrected chi connectivity index (χ3v) is 16.2. The van der Waals surface area contributed by atoms with E-state index in [1.165, 1.54) is 65.6 Å². The van der Waals surface area contributed by atoms with Crippen molar-refractivity contribution in [3.8, 4) is 23.2 Å². The molecule has 0 saturated heterocycles. The second kappa shape index (κ2) is 26.6. The van der Waals surface area contributed by atoms with E-state index in [9.17, 15) is 51.9 Å². The number of amides is 6. The molecule has 5 heterocycles. The van der Waals surface area contributed by atoms with Gasteiger partial charge in [-0.25, -0.2) is 32.6 Å². The van der Waals surface area contributed by atoms with E-state index in [1.807, 2.05) is 51.1 Å². The minimum atomic E-state index is -4.19. The number of carboxylic acid groups (broad SMARTS) is 1. The first-order valence-corrected chi connectivity index (χ1v) is 29.9. The Kier molecular flexibility index (Phi) is 18.9. The Morgan fingerprint density at radius 2 is 1.57 bits per heavy atom. The number of benzene rings is 4. The minimum Gasteiger partial charge on any atom is -0.481 e. The first-order chi connectivity index (χ1) is 41.6. The maximum atomic E-state index is 14.4. The monoisotopic (exact) mass is 1220 g/mol. The molecule has 9 rings (SSSR count). The van der Waals surface area contributed by atoms with Crippen molar-refractivity contribution in [2.24, 2.45) is 5.92 Å². The Morgan fingerprint density at radius 1 is 0.851 bits per heavy atom. The van der Waals surface area contributed by atoms with E-state index in [0.717, 1.165) is 10.9 Å². The maximum absolute atomic E-state index is 14.4. The zero-order valence-electron chi connectivity index (χ0n) is 47.8. The Labute approximate surface area is 505 Å². The Bertz CT molecular complexity index is 3980. The van der Waals surface area contributed by atoms with Gasteiger partial charge in [0.25, 0.3) is 21.5 Å². The lowest BCUT2D eigenvalue weighted by molar-refractivity contribution is -0.191. The molecule has 4 aromatic carbocycles. The number of hydrogen-bond donors (Lipinski definition) is 9. The lowest BCUT2D eigenvalue weighted by atomic mass is 9.85. The summed E-state index contributed by atoms with van der Waals surface area (Å²) < 4.78 is 42.6. The number of sulfonamides is 1. The number of urea groups is 2. The molecule has 0 saturated carbocycles. The topological polar surface area (TPSA) is 327 Å². The van der Waals surface area contributed by atoms with E-state index in [-0.39, 0.29) is 89.5 Å². The van der Waals surface area contributed by atoms with E-state index in [2.05, 4.69) is 53.8 Å². The van der Waals surface area contributed by atoms with Crippen molar-refractivity contribution >= 4 is 103 Å². The molecule has 9 N–H and O–H groups in total. The van der Waals surface area contributed by atoms with Crippen LogP contribution in [0.1, 0.15) is 88.1 Å². The zero-order chi connectivity index (χ0) is 62.2. The summed E-state index contributed by atoms with van der Waals surface area (Å²) >= 11 is 5.48. The molecule has 0 bridgehead atoms. The number of hydrogen-bond acceptors (Lipinski definition) is 14. The number of aliphatic carboxylic acids is 1. The molecule has 2 aromatic heterocycles. The van der Waals surface area contributed by atoms with Crippen LogP contribution < -0.4 is 47.5 Å². The SMILES string of the molecule is CCCNC(=O)Nc1cccc(S(=O)(=O)Nc2cccc(C(CC(=O)O)NC(=O)Nc3ccc(NC(=S)NCC(=O)N4CCC#C[C@H]4C(=O)N[C@@H](CC(C)C)C(=O)O[C@]4(CC)C(=O)OCc5c4cc4n(c5=O)Cc5cc6ccccc6nc5-4)cc3)c2)c1. The quantitative estimate of drug-likeness (QED) is 0.0213. The number of fused-ring (bicyclic) bond motifs is 5. The van der Waals surface area contributed by atoms with Crippen molar-refractivity contribution < 1.29 is 56.6 Å². The van der Waals surface area contributed by atoms with Crippen LogP contribution in [0.2, 0.25) is 0 Å². The highest BCUT2D eigenvalue weighted by Crippen LogP contribution is 2.41. The van der Waals surface area contributed by atoms with Gasteiger partial charge in [0, 0.05) is 58.8 Å². The third kappa shape index (κ3) is 14.3. The molecule has 24 nitrogen and oxygen atoms in total. The number of carbonyl (C=O) groups excluding carboxylic acids is 6. The molecule has 0 spiro atoms. The average molecular weight is 1220 g/mol. The number of thiocarbonyl (C=S) groups is 1. The molecule has 452 valence electrons. The normalized spacial score (nSPS) is 16.2. The van der Waals surface area contributed by atoms with Crippen LogP contribution >= 0.6 is 12.2 Å². The molecule has 4 atom stereocenters.